The van der Waals surface area contributed by atoms with Crippen molar-refractivity contribution in [2.75, 3.05) is 18.9 Å². The van der Waals surface area contributed by atoms with Crippen LogP contribution in [0.5, 0.6) is 5.75 Å². The Morgan fingerprint density at radius 1 is 1.21 bits per heavy atom. The lowest BCUT2D eigenvalue weighted by Crippen LogP contribution is -2.32. The summed E-state index contributed by atoms with van der Waals surface area (Å²) in [6, 6.07) is 12.8. The van der Waals surface area contributed by atoms with E-state index in [0.29, 0.717) is 5.69 Å². The van der Waals surface area contributed by atoms with E-state index in [0.717, 1.165) is 27.4 Å². The van der Waals surface area contributed by atoms with Gasteiger partial charge in [0.25, 0.3) is 0 Å². The summed E-state index contributed by atoms with van der Waals surface area (Å²) in [7, 11) is 1.82. The van der Waals surface area contributed by atoms with Crippen LogP contribution in [-0.4, -0.2) is 35.7 Å². The van der Waals surface area contributed by atoms with Gasteiger partial charge in [-0.1, -0.05) is 12.1 Å². The summed E-state index contributed by atoms with van der Waals surface area (Å²) in [4.78, 5) is 18.7. The molecule has 1 N–H and O–H groups in total. The normalized spacial score (nSPS) is 12.9. The van der Waals surface area contributed by atoms with Crippen LogP contribution in [0.25, 0.3) is 10.2 Å². The van der Waals surface area contributed by atoms with Crippen LogP contribution < -0.4 is 10.1 Å². The molecule has 0 aliphatic heterocycles. The van der Waals surface area contributed by atoms with Crippen molar-refractivity contribution in [3.05, 3.63) is 53.5 Å². The Hall–Kier alpha value is -2.65. The van der Waals surface area contributed by atoms with Gasteiger partial charge in [-0.05, 0) is 50.4 Å². The van der Waals surface area contributed by atoms with Crippen molar-refractivity contribution in [3.8, 4) is 5.75 Å². The van der Waals surface area contributed by atoms with E-state index in [9.17, 15) is 18.0 Å². The Balaban J connectivity index is 1.57. The number of thiazole rings is 1. The van der Waals surface area contributed by atoms with Crippen molar-refractivity contribution < 1.29 is 22.7 Å². The molecule has 0 aliphatic carbocycles. The maximum Gasteiger partial charge on any atom is 0.573 e. The van der Waals surface area contributed by atoms with Crippen LogP contribution in [0, 0.1) is 0 Å². The van der Waals surface area contributed by atoms with Crippen LogP contribution in [0.4, 0.5) is 18.9 Å². The number of carbonyl (C=O) groups excluding carboxylic acids is 1. The standard InChI is InChI=1S/C19H18F3N3O2S/c1-12(18-24-15-5-3-4-6-16(15)28-18)25(2)11-17(26)23-13-7-9-14(10-8-13)27-19(20,21)22/h3-10,12H,11H2,1-2H3,(H,23,26)/t12-/m0/s1. The smallest absolute Gasteiger partial charge is 0.406 e. The molecule has 0 bridgehead atoms. The molecule has 1 atom stereocenters. The van der Waals surface area contributed by atoms with Crippen molar-refractivity contribution in [1.29, 1.82) is 0 Å². The van der Waals surface area contributed by atoms with Crippen molar-refractivity contribution >= 4 is 33.1 Å². The number of benzene rings is 2. The molecule has 148 valence electrons. The number of halogens is 3. The van der Waals surface area contributed by atoms with E-state index < -0.39 is 6.36 Å². The number of hydrogen-bond acceptors (Lipinski definition) is 5. The van der Waals surface area contributed by atoms with E-state index in [1.165, 1.54) is 12.1 Å². The number of hydrogen-bond donors (Lipinski definition) is 1. The Morgan fingerprint density at radius 3 is 2.54 bits per heavy atom. The minimum atomic E-state index is -4.75. The number of aromatic nitrogens is 1. The number of anilines is 1. The van der Waals surface area contributed by atoms with Gasteiger partial charge in [0, 0.05) is 5.69 Å². The third-order valence-electron chi connectivity index (χ3n) is 4.09. The summed E-state index contributed by atoms with van der Waals surface area (Å²) in [5, 5.41) is 3.57. The molecule has 2 aromatic carbocycles. The highest BCUT2D eigenvalue weighted by molar-refractivity contribution is 7.18. The van der Waals surface area contributed by atoms with Gasteiger partial charge in [-0.15, -0.1) is 24.5 Å². The molecular formula is C19H18F3N3O2S. The van der Waals surface area contributed by atoms with Gasteiger partial charge < -0.3 is 10.1 Å². The number of alkyl halides is 3. The van der Waals surface area contributed by atoms with Gasteiger partial charge in [0.15, 0.2) is 0 Å². The summed E-state index contributed by atoms with van der Waals surface area (Å²) in [5.74, 6) is -0.618. The molecule has 1 amide bonds. The van der Waals surface area contributed by atoms with Crippen molar-refractivity contribution in [2.24, 2.45) is 0 Å². The van der Waals surface area contributed by atoms with Crippen LogP contribution in [0.15, 0.2) is 48.5 Å². The molecule has 5 nitrogen and oxygen atoms in total. The lowest BCUT2D eigenvalue weighted by Gasteiger charge is -2.22. The van der Waals surface area contributed by atoms with Crippen LogP contribution in [0.3, 0.4) is 0 Å². The monoisotopic (exact) mass is 409 g/mol. The fourth-order valence-electron chi connectivity index (χ4n) is 2.56. The minimum absolute atomic E-state index is 0.0642. The molecule has 0 saturated carbocycles. The predicted octanol–water partition coefficient (Wildman–Crippen LogP) is 4.83. The summed E-state index contributed by atoms with van der Waals surface area (Å²) in [5.41, 5.74) is 1.31. The number of ether oxygens (including phenoxy) is 1. The molecule has 28 heavy (non-hydrogen) atoms. The predicted molar refractivity (Wildman–Crippen MR) is 102 cm³/mol. The molecular weight excluding hydrogens is 391 g/mol. The van der Waals surface area contributed by atoms with Crippen molar-refractivity contribution in [2.45, 2.75) is 19.3 Å². The molecule has 3 rings (SSSR count). The van der Waals surface area contributed by atoms with Crippen LogP contribution in [0.2, 0.25) is 0 Å². The van der Waals surface area contributed by atoms with Crippen LogP contribution in [-0.2, 0) is 4.79 Å². The second-order valence-electron chi connectivity index (χ2n) is 6.23. The summed E-state index contributed by atoms with van der Waals surface area (Å²) in [6.45, 7) is 2.08. The molecule has 0 aliphatic rings. The van der Waals surface area contributed by atoms with Crippen LogP contribution in [0.1, 0.15) is 18.0 Å². The van der Waals surface area contributed by atoms with Crippen LogP contribution >= 0.6 is 11.3 Å². The first kappa shape index (κ1) is 20.1. The van der Waals surface area contributed by atoms with E-state index in [1.54, 1.807) is 11.3 Å². The van der Waals surface area contributed by atoms with Gasteiger partial charge in [-0.25, -0.2) is 4.98 Å². The zero-order valence-electron chi connectivity index (χ0n) is 15.2. The number of fused-ring (bicyclic) bond motifs is 1. The Morgan fingerprint density at radius 2 is 1.89 bits per heavy atom. The Labute approximate surface area is 163 Å². The van der Waals surface area contributed by atoms with E-state index in [2.05, 4.69) is 15.0 Å². The van der Waals surface area contributed by atoms with E-state index >= 15 is 0 Å². The van der Waals surface area contributed by atoms with Gasteiger partial charge in [0.1, 0.15) is 10.8 Å². The van der Waals surface area contributed by atoms with E-state index in [-0.39, 0.29) is 24.2 Å². The quantitative estimate of drug-likeness (QED) is 0.634. The molecule has 0 fully saturated rings. The topological polar surface area (TPSA) is 54.5 Å². The lowest BCUT2D eigenvalue weighted by atomic mass is 10.3. The highest BCUT2D eigenvalue weighted by Crippen LogP contribution is 2.29. The summed E-state index contributed by atoms with van der Waals surface area (Å²) < 4.78 is 41.4. The first-order chi connectivity index (χ1) is 13.2. The molecule has 3 aromatic rings. The molecule has 9 heteroatoms. The maximum atomic E-state index is 12.3. The van der Waals surface area contributed by atoms with E-state index in [4.69, 9.17) is 0 Å². The number of likely N-dealkylation sites (N-methyl/N-ethyl adjacent to an activating group) is 1. The fourth-order valence-corrected chi connectivity index (χ4v) is 3.65. The third kappa shape index (κ3) is 5.20. The number of nitrogens with zero attached hydrogens (tertiary/aromatic N) is 2. The largest absolute Gasteiger partial charge is 0.573 e. The number of amides is 1. The molecule has 0 spiro atoms. The zero-order valence-corrected chi connectivity index (χ0v) is 16.0. The number of para-hydroxylation sites is 1. The van der Waals surface area contributed by atoms with Crippen molar-refractivity contribution in [1.82, 2.24) is 9.88 Å². The van der Waals surface area contributed by atoms with Gasteiger partial charge in [0.05, 0.1) is 22.8 Å². The van der Waals surface area contributed by atoms with E-state index in [1.807, 2.05) is 43.1 Å². The average Bonchev–Trinajstić information content (AvgIpc) is 3.05. The molecule has 0 unspecified atom stereocenters. The average molecular weight is 409 g/mol. The molecule has 0 radical (unpaired) electrons. The summed E-state index contributed by atoms with van der Waals surface area (Å²) >= 11 is 1.58. The fraction of sp³-hybridized carbons (Fsp3) is 0.263. The third-order valence-corrected chi connectivity index (χ3v) is 5.30. The Kier molecular flexibility index (Phi) is 5.85. The number of nitrogens with one attached hydrogen (secondary N) is 1. The van der Waals surface area contributed by atoms with Crippen molar-refractivity contribution in [3.63, 3.8) is 0 Å². The highest BCUT2D eigenvalue weighted by atomic mass is 32.1. The Bertz CT molecular complexity index is 924. The SMILES string of the molecule is C[C@@H](c1nc2ccccc2s1)N(C)CC(=O)Nc1ccc(OC(F)(F)F)cc1. The molecule has 1 aromatic heterocycles. The van der Waals surface area contributed by atoms with Gasteiger partial charge in [-0.3, -0.25) is 9.69 Å². The zero-order chi connectivity index (χ0) is 20.3. The first-order valence-electron chi connectivity index (χ1n) is 8.42. The minimum Gasteiger partial charge on any atom is -0.406 e. The molecule has 0 saturated heterocycles. The second-order valence-corrected chi connectivity index (χ2v) is 7.29. The highest BCUT2D eigenvalue weighted by Gasteiger charge is 2.31. The first-order valence-corrected chi connectivity index (χ1v) is 9.24. The van der Waals surface area contributed by atoms with Gasteiger partial charge in [0.2, 0.25) is 5.91 Å². The number of rotatable bonds is 6. The maximum absolute atomic E-state index is 12.3. The number of carbonyl (C=O) groups is 1. The summed E-state index contributed by atoms with van der Waals surface area (Å²) in [6.07, 6.45) is -4.75. The molecule has 1 heterocycles. The van der Waals surface area contributed by atoms with Gasteiger partial charge >= 0.3 is 6.36 Å². The second kappa shape index (κ2) is 8.15. The van der Waals surface area contributed by atoms with Gasteiger partial charge in [-0.2, -0.15) is 0 Å². The lowest BCUT2D eigenvalue weighted by molar-refractivity contribution is -0.274.